The molecule has 3 N–H and O–H groups in total. The first-order chi connectivity index (χ1) is 9.99. The second-order valence-electron chi connectivity index (χ2n) is 5.11. The molecule has 2 heterocycles. The van der Waals surface area contributed by atoms with Crippen LogP contribution < -0.4 is 5.32 Å². The van der Waals surface area contributed by atoms with E-state index in [1.807, 2.05) is 13.8 Å². The Hall–Kier alpha value is -1.80. The van der Waals surface area contributed by atoms with Gasteiger partial charge < -0.3 is 10.4 Å². The fourth-order valence-corrected chi connectivity index (χ4v) is 2.83. The summed E-state index contributed by atoms with van der Waals surface area (Å²) in [6.45, 7) is 5.74. The van der Waals surface area contributed by atoms with Gasteiger partial charge in [0, 0.05) is 12.1 Å². The van der Waals surface area contributed by atoms with Crippen LogP contribution in [0.5, 0.6) is 0 Å². The fourth-order valence-electron chi connectivity index (χ4n) is 1.92. The third-order valence-corrected chi connectivity index (χ3v) is 4.64. The monoisotopic (exact) mass is 309 g/mol. The largest absolute Gasteiger partial charge is 0.396 e. The molecule has 8 heteroatoms. The van der Waals surface area contributed by atoms with Crippen LogP contribution in [-0.2, 0) is 0 Å². The van der Waals surface area contributed by atoms with Crippen molar-refractivity contribution in [1.29, 1.82) is 0 Å². The summed E-state index contributed by atoms with van der Waals surface area (Å²) in [5.74, 6) is 0.379. The van der Waals surface area contributed by atoms with Gasteiger partial charge in [-0.05, 0) is 26.7 Å². The van der Waals surface area contributed by atoms with E-state index in [1.165, 1.54) is 17.7 Å². The van der Waals surface area contributed by atoms with Gasteiger partial charge in [-0.25, -0.2) is 9.97 Å². The number of aliphatic hydroxyl groups is 1. The van der Waals surface area contributed by atoms with Crippen LogP contribution in [0.1, 0.15) is 42.1 Å². The lowest BCUT2D eigenvalue weighted by Gasteiger charge is -2.28. The van der Waals surface area contributed by atoms with Gasteiger partial charge in [0.25, 0.3) is 5.91 Å². The van der Waals surface area contributed by atoms with Gasteiger partial charge in [0.15, 0.2) is 10.8 Å². The van der Waals surface area contributed by atoms with Crippen molar-refractivity contribution in [2.24, 2.45) is 0 Å². The van der Waals surface area contributed by atoms with Gasteiger partial charge in [-0.1, -0.05) is 6.92 Å². The first-order valence-electron chi connectivity index (χ1n) is 6.75. The molecule has 0 aliphatic rings. The summed E-state index contributed by atoms with van der Waals surface area (Å²) in [6, 6.07) is 0. The Labute approximate surface area is 126 Å². The number of aliphatic hydroxyl groups excluding tert-OH is 1. The van der Waals surface area contributed by atoms with Crippen LogP contribution in [0.4, 0.5) is 0 Å². The number of hydrogen-bond donors (Lipinski definition) is 3. The van der Waals surface area contributed by atoms with Crippen LogP contribution in [0.3, 0.4) is 0 Å². The maximum atomic E-state index is 12.4. The SMILES string of the molecule is CCC(C)(CCO)NC(=O)c1sc(-c2ncn[nH]2)nc1C. The number of carbonyl (C=O) groups excluding carboxylic acids is 1. The molecule has 1 unspecified atom stereocenters. The van der Waals surface area contributed by atoms with E-state index in [-0.39, 0.29) is 12.5 Å². The van der Waals surface area contributed by atoms with Crippen molar-refractivity contribution in [3.63, 3.8) is 0 Å². The Kier molecular flexibility index (Phi) is 4.69. The van der Waals surface area contributed by atoms with Crippen molar-refractivity contribution in [3.8, 4) is 10.8 Å². The molecule has 0 saturated heterocycles. The van der Waals surface area contributed by atoms with Crippen molar-refractivity contribution in [2.45, 2.75) is 39.2 Å². The summed E-state index contributed by atoms with van der Waals surface area (Å²) in [7, 11) is 0. The summed E-state index contributed by atoms with van der Waals surface area (Å²) in [5, 5.41) is 19.3. The van der Waals surface area contributed by atoms with Gasteiger partial charge >= 0.3 is 0 Å². The number of aryl methyl sites for hydroxylation is 1. The molecule has 7 nitrogen and oxygen atoms in total. The van der Waals surface area contributed by atoms with Crippen LogP contribution in [0.15, 0.2) is 6.33 Å². The lowest BCUT2D eigenvalue weighted by Crippen LogP contribution is -2.46. The molecule has 2 aromatic heterocycles. The molecule has 2 aromatic rings. The number of H-pyrrole nitrogens is 1. The van der Waals surface area contributed by atoms with Crippen molar-refractivity contribution in [1.82, 2.24) is 25.5 Å². The molecular formula is C13H19N5O2S. The first-order valence-corrected chi connectivity index (χ1v) is 7.57. The molecule has 0 bridgehead atoms. The smallest absolute Gasteiger partial charge is 0.263 e. The van der Waals surface area contributed by atoms with Crippen LogP contribution in [0.2, 0.25) is 0 Å². The van der Waals surface area contributed by atoms with Crippen LogP contribution in [-0.4, -0.2) is 43.3 Å². The zero-order chi connectivity index (χ0) is 15.5. The predicted molar refractivity (Wildman–Crippen MR) is 80.1 cm³/mol. The molecule has 0 saturated carbocycles. The van der Waals surface area contributed by atoms with Crippen LogP contribution in [0.25, 0.3) is 10.8 Å². The highest BCUT2D eigenvalue weighted by Gasteiger charge is 2.26. The molecule has 0 radical (unpaired) electrons. The Morgan fingerprint density at radius 2 is 2.33 bits per heavy atom. The lowest BCUT2D eigenvalue weighted by molar-refractivity contribution is 0.0889. The van der Waals surface area contributed by atoms with Gasteiger partial charge in [-0.2, -0.15) is 5.10 Å². The molecule has 21 heavy (non-hydrogen) atoms. The Morgan fingerprint density at radius 1 is 1.57 bits per heavy atom. The third-order valence-electron chi connectivity index (χ3n) is 3.48. The summed E-state index contributed by atoms with van der Waals surface area (Å²) < 4.78 is 0. The topological polar surface area (TPSA) is 104 Å². The summed E-state index contributed by atoms with van der Waals surface area (Å²) in [5.41, 5.74) is 0.237. The molecule has 1 atom stereocenters. The van der Waals surface area contributed by atoms with E-state index in [9.17, 15) is 4.79 Å². The highest BCUT2D eigenvalue weighted by Crippen LogP contribution is 2.26. The normalized spacial score (nSPS) is 13.9. The van der Waals surface area contributed by atoms with Crippen molar-refractivity contribution >= 4 is 17.2 Å². The summed E-state index contributed by atoms with van der Waals surface area (Å²) in [6.07, 6.45) is 2.66. The lowest BCUT2D eigenvalue weighted by atomic mass is 9.95. The van der Waals surface area contributed by atoms with Gasteiger partial charge in [0.1, 0.15) is 11.2 Å². The minimum absolute atomic E-state index is 0.0373. The fraction of sp³-hybridized carbons (Fsp3) is 0.538. The van der Waals surface area contributed by atoms with Crippen LogP contribution in [0, 0.1) is 6.92 Å². The van der Waals surface area contributed by atoms with Gasteiger partial charge in [0.05, 0.1) is 5.69 Å². The zero-order valence-corrected chi connectivity index (χ0v) is 13.1. The summed E-state index contributed by atoms with van der Waals surface area (Å²) >= 11 is 1.28. The molecule has 1 amide bonds. The zero-order valence-electron chi connectivity index (χ0n) is 12.3. The number of amides is 1. The first kappa shape index (κ1) is 15.6. The number of rotatable bonds is 6. The number of aromatic nitrogens is 4. The highest BCUT2D eigenvalue weighted by molar-refractivity contribution is 7.17. The molecule has 0 aromatic carbocycles. The Morgan fingerprint density at radius 3 is 2.90 bits per heavy atom. The number of nitrogens with zero attached hydrogens (tertiary/aromatic N) is 3. The van der Waals surface area contributed by atoms with Crippen LogP contribution >= 0.6 is 11.3 Å². The van der Waals surface area contributed by atoms with E-state index in [2.05, 4.69) is 25.5 Å². The number of aromatic amines is 1. The van der Waals surface area contributed by atoms with Gasteiger partial charge in [0.2, 0.25) is 0 Å². The highest BCUT2D eigenvalue weighted by atomic mass is 32.1. The number of carbonyl (C=O) groups is 1. The molecule has 2 rings (SSSR count). The van der Waals surface area contributed by atoms with E-state index >= 15 is 0 Å². The Bertz CT molecular complexity index is 610. The summed E-state index contributed by atoms with van der Waals surface area (Å²) in [4.78, 5) is 21.4. The van der Waals surface area contributed by atoms with Crippen molar-refractivity contribution in [2.75, 3.05) is 6.61 Å². The maximum Gasteiger partial charge on any atom is 0.263 e. The minimum Gasteiger partial charge on any atom is -0.396 e. The maximum absolute atomic E-state index is 12.4. The van der Waals surface area contributed by atoms with Gasteiger partial charge in [-0.3, -0.25) is 9.89 Å². The number of hydrogen-bond acceptors (Lipinski definition) is 6. The van der Waals surface area contributed by atoms with E-state index in [1.54, 1.807) is 6.92 Å². The minimum atomic E-state index is -0.422. The second-order valence-corrected chi connectivity index (χ2v) is 6.11. The third kappa shape index (κ3) is 3.45. The van der Waals surface area contributed by atoms with Crippen molar-refractivity contribution < 1.29 is 9.90 Å². The predicted octanol–water partition coefficient (Wildman–Crippen LogP) is 1.52. The molecular weight excluding hydrogens is 290 g/mol. The standard InChI is InChI=1S/C13H19N5O2S/c1-4-13(3,5-6-19)17-11(20)9-8(2)16-12(21-9)10-14-7-15-18-10/h7,19H,4-6H2,1-3H3,(H,17,20)(H,14,15,18). The van der Waals surface area contributed by atoms with Gasteiger partial charge in [-0.15, -0.1) is 11.3 Å². The molecule has 0 aliphatic heterocycles. The van der Waals surface area contributed by atoms with E-state index in [4.69, 9.17) is 5.11 Å². The second kappa shape index (κ2) is 6.31. The molecule has 0 spiro atoms. The van der Waals surface area contributed by atoms with E-state index in [0.29, 0.717) is 27.8 Å². The van der Waals surface area contributed by atoms with Crippen molar-refractivity contribution in [3.05, 3.63) is 16.9 Å². The average molecular weight is 309 g/mol. The molecule has 0 aliphatic carbocycles. The molecule has 114 valence electrons. The van der Waals surface area contributed by atoms with E-state index in [0.717, 1.165) is 6.42 Å². The quantitative estimate of drug-likeness (QED) is 0.750. The molecule has 0 fully saturated rings. The average Bonchev–Trinajstić information content (AvgIpc) is 3.07. The van der Waals surface area contributed by atoms with E-state index < -0.39 is 5.54 Å². The number of thiazole rings is 1. The Balaban J connectivity index is 2.20. The number of nitrogens with one attached hydrogen (secondary N) is 2.